The Morgan fingerprint density at radius 3 is 2.49 bits per heavy atom. The molecule has 9 heteroatoms. The van der Waals surface area contributed by atoms with Gasteiger partial charge in [-0.25, -0.2) is 9.97 Å². The van der Waals surface area contributed by atoms with Crippen molar-refractivity contribution >= 4 is 33.8 Å². The number of hydrogen-bond acceptors (Lipinski definition) is 6. The molecule has 5 heterocycles. The molecule has 0 bridgehead atoms. The molecule has 234 valence electrons. The molecule has 0 aliphatic carbocycles. The summed E-state index contributed by atoms with van der Waals surface area (Å²) >= 11 is 1.77. The molecule has 0 saturated carbocycles. The summed E-state index contributed by atoms with van der Waals surface area (Å²) in [5.74, 6) is 3.28. The molecule has 0 N–H and O–H groups in total. The number of thiazole rings is 1. The Hall–Kier alpha value is -3.95. The topological polar surface area (TPSA) is 62.4 Å². The van der Waals surface area contributed by atoms with Gasteiger partial charge in [-0.2, -0.15) is 0 Å². The van der Waals surface area contributed by atoms with E-state index in [9.17, 15) is 4.79 Å². The van der Waals surface area contributed by atoms with Crippen LogP contribution in [0.3, 0.4) is 0 Å². The highest BCUT2D eigenvalue weighted by Crippen LogP contribution is 2.36. The van der Waals surface area contributed by atoms with Gasteiger partial charge < -0.3 is 23.8 Å². The van der Waals surface area contributed by atoms with Gasteiger partial charge in [-0.3, -0.25) is 4.79 Å². The number of amides is 1. The summed E-state index contributed by atoms with van der Waals surface area (Å²) in [6.45, 7) is 12.7. The Bertz CT molecular complexity index is 1800. The number of rotatable bonds is 7. The Labute approximate surface area is 269 Å². The summed E-state index contributed by atoms with van der Waals surface area (Å²) in [5, 5.41) is 5.76. The number of carbonyl (C=O) groups is 1. The third kappa shape index (κ3) is 5.79. The zero-order valence-corrected chi connectivity index (χ0v) is 27.6. The molecule has 2 saturated heterocycles. The quantitative estimate of drug-likeness (QED) is 0.203. The van der Waals surface area contributed by atoms with Gasteiger partial charge in [0.05, 0.1) is 23.1 Å². The second-order valence-electron chi connectivity index (χ2n) is 13.0. The van der Waals surface area contributed by atoms with Crippen LogP contribution in [0.4, 0.5) is 5.82 Å². The Balaban J connectivity index is 1.19. The molecule has 0 radical (unpaired) electrons. The average molecular weight is 622 g/mol. The zero-order valence-electron chi connectivity index (χ0n) is 26.8. The molecule has 3 aromatic heterocycles. The highest BCUT2D eigenvalue weighted by Gasteiger charge is 2.29. The van der Waals surface area contributed by atoms with E-state index in [1.54, 1.807) is 11.3 Å². The number of aromatic nitrogens is 4. The molecule has 7 rings (SSSR count). The van der Waals surface area contributed by atoms with Crippen LogP contribution in [0.2, 0.25) is 0 Å². The Kier molecular flexibility index (Phi) is 8.23. The molecule has 2 aliphatic heterocycles. The largest absolute Gasteiger partial charge is 0.356 e. The number of nitrogens with zero attached hydrogens (tertiary/aromatic N) is 7. The first-order chi connectivity index (χ1) is 21.9. The van der Waals surface area contributed by atoms with Crippen LogP contribution in [0.25, 0.3) is 27.7 Å². The number of fused-ring (bicyclic) bond motifs is 1. The number of anilines is 1. The lowest BCUT2D eigenvalue weighted by atomic mass is 9.96. The third-order valence-corrected chi connectivity index (χ3v) is 10.8. The fourth-order valence-corrected chi connectivity index (χ4v) is 7.76. The van der Waals surface area contributed by atoms with Gasteiger partial charge in [0, 0.05) is 74.6 Å². The van der Waals surface area contributed by atoms with Crippen LogP contribution in [0, 0.1) is 12.8 Å². The number of benzene rings is 2. The summed E-state index contributed by atoms with van der Waals surface area (Å²) in [4.78, 5) is 30.6. The van der Waals surface area contributed by atoms with E-state index >= 15 is 0 Å². The molecule has 45 heavy (non-hydrogen) atoms. The van der Waals surface area contributed by atoms with Gasteiger partial charge in [0.15, 0.2) is 0 Å². The highest BCUT2D eigenvalue weighted by molar-refractivity contribution is 7.10. The summed E-state index contributed by atoms with van der Waals surface area (Å²) in [5.41, 5.74) is 3.83. The summed E-state index contributed by atoms with van der Waals surface area (Å²) in [6, 6.07) is 14.8. The molecular formula is C36H43N7OS. The lowest BCUT2D eigenvalue weighted by molar-refractivity contribution is 0.0664. The van der Waals surface area contributed by atoms with Crippen LogP contribution in [-0.4, -0.2) is 81.1 Å². The van der Waals surface area contributed by atoms with Gasteiger partial charge in [-0.05, 0) is 49.1 Å². The van der Waals surface area contributed by atoms with Crippen molar-refractivity contribution in [1.29, 1.82) is 0 Å². The van der Waals surface area contributed by atoms with Crippen molar-refractivity contribution in [2.75, 3.05) is 51.2 Å². The SMILES string of the molecule is Cc1c(C(=O)N2CCN(C)CC2)c(-c2cccc3ccccc23)cn1-c1cncn1CC1CCN(c2csc(C(C)C)n2)CC1. The highest BCUT2D eigenvalue weighted by atomic mass is 32.1. The first-order valence-electron chi connectivity index (χ1n) is 16.3. The van der Waals surface area contributed by atoms with Crippen LogP contribution < -0.4 is 4.90 Å². The van der Waals surface area contributed by atoms with Crippen LogP contribution in [0.5, 0.6) is 0 Å². The minimum Gasteiger partial charge on any atom is -0.356 e. The lowest BCUT2D eigenvalue weighted by Crippen LogP contribution is -2.47. The molecule has 0 atom stereocenters. The van der Waals surface area contributed by atoms with Gasteiger partial charge in [-0.1, -0.05) is 56.3 Å². The van der Waals surface area contributed by atoms with E-state index in [0.29, 0.717) is 11.8 Å². The predicted octanol–water partition coefficient (Wildman–Crippen LogP) is 6.69. The normalized spacial score (nSPS) is 16.7. The number of piperidine rings is 1. The van der Waals surface area contributed by atoms with E-state index < -0.39 is 0 Å². The van der Waals surface area contributed by atoms with Gasteiger partial charge in [-0.15, -0.1) is 11.3 Å². The Morgan fingerprint density at radius 1 is 0.978 bits per heavy atom. The van der Waals surface area contributed by atoms with Crippen molar-refractivity contribution in [2.45, 2.75) is 46.1 Å². The first-order valence-corrected chi connectivity index (χ1v) is 17.1. The van der Waals surface area contributed by atoms with Crippen molar-refractivity contribution in [1.82, 2.24) is 28.9 Å². The molecule has 0 spiro atoms. The monoisotopic (exact) mass is 621 g/mol. The third-order valence-electron chi connectivity index (χ3n) is 9.67. The lowest BCUT2D eigenvalue weighted by Gasteiger charge is -2.33. The Morgan fingerprint density at radius 2 is 1.73 bits per heavy atom. The minimum absolute atomic E-state index is 0.114. The molecule has 5 aromatic rings. The van der Waals surface area contributed by atoms with Crippen molar-refractivity contribution < 1.29 is 4.79 Å². The fraction of sp³-hybridized carbons (Fsp3) is 0.417. The number of imidazole rings is 1. The van der Waals surface area contributed by atoms with Crippen LogP contribution in [-0.2, 0) is 6.54 Å². The molecule has 0 unspecified atom stereocenters. The molecule has 2 aromatic carbocycles. The summed E-state index contributed by atoms with van der Waals surface area (Å²) in [6.07, 6.45) is 8.30. The van der Waals surface area contributed by atoms with Crippen LogP contribution >= 0.6 is 11.3 Å². The van der Waals surface area contributed by atoms with E-state index in [0.717, 1.165) is 98.1 Å². The summed E-state index contributed by atoms with van der Waals surface area (Å²) in [7, 11) is 2.12. The van der Waals surface area contributed by atoms with Crippen LogP contribution in [0.15, 0.2) is 66.6 Å². The van der Waals surface area contributed by atoms with E-state index in [-0.39, 0.29) is 5.91 Å². The van der Waals surface area contributed by atoms with E-state index in [1.165, 1.54) is 10.4 Å². The van der Waals surface area contributed by atoms with Crippen molar-refractivity contribution in [3.63, 3.8) is 0 Å². The smallest absolute Gasteiger partial charge is 0.256 e. The van der Waals surface area contributed by atoms with Gasteiger partial charge >= 0.3 is 0 Å². The minimum atomic E-state index is 0.114. The second-order valence-corrected chi connectivity index (χ2v) is 13.9. The van der Waals surface area contributed by atoms with Gasteiger partial charge in [0.2, 0.25) is 0 Å². The van der Waals surface area contributed by atoms with Gasteiger partial charge in [0.1, 0.15) is 11.6 Å². The maximum absolute atomic E-state index is 14.3. The predicted molar refractivity (Wildman–Crippen MR) is 184 cm³/mol. The summed E-state index contributed by atoms with van der Waals surface area (Å²) < 4.78 is 4.48. The maximum Gasteiger partial charge on any atom is 0.256 e. The van der Waals surface area contributed by atoms with Crippen molar-refractivity contribution in [3.05, 3.63) is 82.8 Å². The second kappa shape index (κ2) is 12.4. The number of piperazine rings is 1. The number of likely N-dealkylation sites (N-methyl/N-ethyl adjacent to an activating group) is 1. The molecule has 2 fully saturated rings. The number of carbonyl (C=O) groups excluding carboxylic acids is 1. The van der Waals surface area contributed by atoms with E-state index in [2.05, 4.69) is 106 Å². The molecule has 8 nitrogen and oxygen atoms in total. The average Bonchev–Trinajstić information content (AvgIpc) is 3.80. The maximum atomic E-state index is 14.3. The zero-order chi connectivity index (χ0) is 31.1. The number of hydrogen-bond donors (Lipinski definition) is 0. The van der Waals surface area contributed by atoms with Gasteiger partial charge in [0.25, 0.3) is 5.91 Å². The molecule has 1 amide bonds. The van der Waals surface area contributed by atoms with Crippen molar-refractivity contribution in [3.8, 4) is 16.9 Å². The van der Waals surface area contributed by atoms with E-state index in [4.69, 9.17) is 4.98 Å². The molecule has 2 aliphatic rings. The fourth-order valence-electron chi connectivity index (χ4n) is 6.91. The van der Waals surface area contributed by atoms with Crippen molar-refractivity contribution in [2.24, 2.45) is 5.92 Å². The standard InChI is InChI=1S/C36H43N7OS/c1-25(2)35-38-32(23-45-35)40-14-12-27(13-15-40)21-42-24-37-20-33(42)43-22-31(30-11-7-9-28-8-5-6-10-29(28)30)34(26(43)3)36(44)41-18-16-39(4)17-19-41/h5-11,20,22-25,27H,12-19,21H2,1-4H3. The first kappa shape index (κ1) is 29.7. The van der Waals surface area contributed by atoms with E-state index in [1.807, 2.05) is 17.4 Å². The molecular weight excluding hydrogens is 579 g/mol. The van der Waals surface area contributed by atoms with Crippen LogP contribution in [0.1, 0.15) is 53.7 Å².